The normalized spacial score (nSPS) is 12.2. The van der Waals surface area contributed by atoms with Crippen LogP contribution < -0.4 is 15.8 Å². The summed E-state index contributed by atoms with van der Waals surface area (Å²) in [5.74, 6) is 0.332. The van der Waals surface area contributed by atoms with Crippen molar-refractivity contribution in [2.45, 2.75) is 25.2 Å². The molecule has 0 radical (unpaired) electrons. The van der Waals surface area contributed by atoms with Crippen molar-refractivity contribution in [1.82, 2.24) is 10.3 Å². The third-order valence-corrected chi connectivity index (χ3v) is 3.26. The molecule has 0 aromatic carbocycles. The average Bonchev–Trinajstić information content (AvgIpc) is 2.48. The molecule has 0 bridgehead atoms. The van der Waals surface area contributed by atoms with E-state index < -0.39 is 18.8 Å². The Morgan fingerprint density at radius 2 is 2.22 bits per heavy atom. The van der Waals surface area contributed by atoms with Crippen molar-refractivity contribution in [3.8, 4) is 5.88 Å². The van der Waals surface area contributed by atoms with Crippen molar-refractivity contribution in [3.63, 3.8) is 0 Å². The number of amides is 1. The first-order valence-electron chi connectivity index (χ1n) is 6.48. The lowest BCUT2D eigenvalue weighted by Gasteiger charge is -2.12. The molecule has 0 saturated heterocycles. The number of thioether (sulfide) groups is 1. The number of alkyl halides is 3. The summed E-state index contributed by atoms with van der Waals surface area (Å²) in [6, 6.07) is 2.32. The standard InChI is InChI=1S/C13H18F3N3O2S.ClH/c1-22-5-3-10(17)12(20)19-7-9-2-4-18-11(6-9)21-8-13(14,15)16;/h2,4,6,10H,3,5,7-8,17H2,1H3,(H,19,20);1H. The zero-order valence-corrected chi connectivity index (χ0v) is 14.1. The van der Waals surface area contributed by atoms with Crippen LogP contribution in [0.2, 0.25) is 0 Å². The zero-order chi connectivity index (χ0) is 16.6. The Morgan fingerprint density at radius 3 is 2.83 bits per heavy atom. The van der Waals surface area contributed by atoms with Gasteiger partial charge in [-0.2, -0.15) is 24.9 Å². The van der Waals surface area contributed by atoms with Gasteiger partial charge in [-0.1, -0.05) is 0 Å². The van der Waals surface area contributed by atoms with Crippen molar-refractivity contribution in [3.05, 3.63) is 23.9 Å². The SMILES string of the molecule is CSCCC(N)C(=O)NCc1ccnc(OCC(F)(F)F)c1.Cl. The molecule has 1 atom stereocenters. The summed E-state index contributed by atoms with van der Waals surface area (Å²) in [6.07, 6.45) is -0.621. The third kappa shape index (κ3) is 9.52. The number of nitrogens with two attached hydrogens (primary N) is 1. The fourth-order valence-corrected chi connectivity index (χ4v) is 1.98. The van der Waals surface area contributed by atoms with E-state index in [4.69, 9.17) is 5.73 Å². The number of rotatable bonds is 8. The molecule has 0 fully saturated rings. The molecule has 0 saturated carbocycles. The van der Waals surface area contributed by atoms with Gasteiger partial charge < -0.3 is 15.8 Å². The number of nitrogens with one attached hydrogen (secondary N) is 1. The summed E-state index contributed by atoms with van der Waals surface area (Å²) in [5, 5.41) is 2.63. The van der Waals surface area contributed by atoms with Gasteiger partial charge in [0, 0.05) is 18.8 Å². The quantitative estimate of drug-likeness (QED) is 0.730. The molecule has 1 aromatic rings. The summed E-state index contributed by atoms with van der Waals surface area (Å²) in [5.41, 5.74) is 6.29. The van der Waals surface area contributed by atoms with Crippen LogP contribution in [0.15, 0.2) is 18.3 Å². The van der Waals surface area contributed by atoms with Crippen LogP contribution in [0.5, 0.6) is 5.88 Å². The Balaban J connectivity index is 0.00000484. The van der Waals surface area contributed by atoms with Crippen molar-refractivity contribution < 1.29 is 22.7 Å². The van der Waals surface area contributed by atoms with Crippen molar-refractivity contribution in [1.29, 1.82) is 0 Å². The van der Waals surface area contributed by atoms with E-state index in [0.29, 0.717) is 12.0 Å². The largest absolute Gasteiger partial charge is 0.468 e. The van der Waals surface area contributed by atoms with E-state index in [9.17, 15) is 18.0 Å². The molecule has 132 valence electrons. The molecular weight excluding hydrogens is 355 g/mol. The van der Waals surface area contributed by atoms with Crippen LogP contribution in [0.25, 0.3) is 0 Å². The highest BCUT2D eigenvalue weighted by Gasteiger charge is 2.28. The van der Waals surface area contributed by atoms with Crippen LogP contribution in [0.3, 0.4) is 0 Å². The highest BCUT2D eigenvalue weighted by Crippen LogP contribution is 2.17. The van der Waals surface area contributed by atoms with Gasteiger partial charge in [0.1, 0.15) is 0 Å². The van der Waals surface area contributed by atoms with E-state index in [0.717, 1.165) is 5.75 Å². The Bertz CT molecular complexity index is 492. The number of halogens is 4. The first-order chi connectivity index (χ1) is 10.3. The second-order valence-electron chi connectivity index (χ2n) is 4.51. The van der Waals surface area contributed by atoms with Crippen LogP contribution >= 0.6 is 24.2 Å². The minimum absolute atomic E-state index is 0. The lowest BCUT2D eigenvalue weighted by molar-refractivity contribution is -0.154. The molecular formula is C13H19ClF3N3O2S. The summed E-state index contributed by atoms with van der Waals surface area (Å²) >= 11 is 1.59. The summed E-state index contributed by atoms with van der Waals surface area (Å²) < 4.78 is 40.7. The molecule has 5 nitrogen and oxygen atoms in total. The minimum atomic E-state index is -4.42. The van der Waals surface area contributed by atoms with E-state index in [2.05, 4.69) is 15.0 Å². The van der Waals surface area contributed by atoms with E-state index in [1.807, 2.05) is 6.26 Å². The Hall–Kier alpha value is -1.19. The molecule has 1 unspecified atom stereocenters. The number of ether oxygens (including phenoxy) is 1. The maximum absolute atomic E-state index is 12.1. The predicted octanol–water partition coefficient (Wildman–Crippen LogP) is 2.14. The fraction of sp³-hybridized carbons (Fsp3) is 0.538. The Kier molecular flexibility index (Phi) is 10.0. The third-order valence-electron chi connectivity index (χ3n) is 2.62. The number of hydrogen-bond acceptors (Lipinski definition) is 5. The number of carbonyl (C=O) groups is 1. The molecule has 0 spiro atoms. The van der Waals surface area contributed by atoms with Crippen LogP contribution in [0.4, 0.5) is 13.2 Å². The van der Waals surface area contributed by atoms with Gasteiger partial charge in [-0.15, -0.1) is 12.4 Å². The molecule has 23 heavy (non-hydrogen) atoms. The minimum Gasteiger partial charge on any atom is -0.468 e. The van der Waals surface area contributed by atoms with Crippen molar-refractivity contribution in [2.75, 3.05) is 18.6 Å². The monoisotopic (exact) mass is 373 g/mol. The molecule has 1 aromatic heterocycles. The highest BCUT2D eigenvalue weighted by atomic mass is 35.5. The molecule has 0 aliphatic rings. The first-order valence-corrected chi connectivity index (χ1v) is 7.88. The van der Waals surface area contributed by atoms with Gasteiger partial charge in [-0.3, -0.25) is 4.79 Å². The molecule has 10 heteroatoms. The molecule has 1 amide bonds. The van der Waals surface area contributed by atoms with Crippen LogP contribution in [0.1, 0.15) is 12.0 Å². The van der Waals surface area contributed by atoms with Gasteiger partial charge in [0.25, 0.3) is 0 Å². The summed E-state index contributed by atoms with van der Waals surface area (Å²) in [6.45, 7) is -1.26. The maximum atomic E-state index is 12.1. The number of pyridine rings is 1. The molecule has 0 aliphatic heterocycles. The molecule has 1 heterocycles. The Labute approximate surface area is 143 Å². The maximum Gasteiger partial charge on any atom is 0.422 e. The van der Waals surface area contributed by atoms with Crippen LogP contribution in [-0.2, 0) is 11.3 Å². The fourth-order valence-electron chi connectivity index (χ4n) is 1.49. The van der Waals surface area contributed by atoms with E-state index >= 15 is 0 Å². The molecule has 1 rings (SSSR count). The van der Waals surface area contributed by atoms with E-state index in [-0.39, 0.29) is 30.7 Å². The lowest BCUT2D eigenvalue weighted by Crippen LogP contribution is -2.40. The van der Waals surface area contributed by atoms with Crippen LogP contribution in [-0.4, -0.2) is 41.7 Å². The van der Waals surface area contributed by atoms with E-state index in [1.165, 1.54) is 12.3 Å². The summed E-state index contributed by atoms with van der Waals surface area (Å²) in [4.78, 5) is 15.4. The lowest BCUT2D eigenvalue weighted by atomic mass is 10.2. The number of aromatic nitrogens is 1. The van der Waals surface area contributed by atoms with Crippen molar-refractivity contribution in [2.24, 2.45) is 5.73 Å². The van der Waals surface area contributed by atoms with Gasteiger partial charge in [0.2, 0.25) is 11.8 Å². The molecule has 0 aliphatic carbocycles. The van der Waals surface area contributed by atoms with Crippen LogP contribution in [0, 0.1) is 0 Å². The van der Waals surface area contributed by atoms with E-state index in [1.54, 1.807) is 17.8 Å². The highest BCUT2D eigenvalue weighted by molar-refractivity contribution is 7.98. The van der Waals surface area contributed by atoms with Gasteiger partial charge in [-0.25, -0.2) is 4.98 Å². The predicted molar refractivity (Wildman–Crippen MR) is 85.9 cm³/mol. The first kappa shape index (κ1) is 21.8. The average molecular weight is 374 g/mol. The number of nitrogens with zero attached hydrogens (tertiary/aromatic N) is 1. The van der Waals surface area contributed by atoms with Gasteiger partial charge in [0.05, 0.1) is 6.04 Å². The summed E-state index contributed by atoms with van der Waals surface area (Å²) in [7, 11) is 0. The smallest absolute Gasteiger partial charge is 0.422 e. The topological polar surface area (TPSA) is 77.2 Å². The van der Waals surface area contributed by atoms with Gasteiger partial charge >= 0.3 is 6.18 Å². The van der Waals surface area contributed by atoms with Crippen molar-refractivity contribution >= 4 is 30.1 Å². The van der Waals surface area contributed by atoms with Gasteiger partial charge in [0.15, 0.2) is 6.61 Å². The van der Waals surface area contributed by atoms with Gasteiger partial charge in [-0.05, 0) is 30.1 Å². The second-order valence-corrected chi connectivity index (χ2v) is 5.50. The second kappa shape index (κ2) is 10.6. The molecule has 3 N–H and O–H groups in total. The number of carbonyl (C=O) groups excluding carboxylic acids is 1. The Morgan fingerprint density at radius 1 is 1.52 bits per heavy atom. The zero-order valence-electron chi connectivity index (χ0n) is 12.4. The number of hydrogen-bond donors (Lipinski definition) is 2.